The van der Waals surface area contributed by atoms with Gasteiger partial charge in [0.25, 0.3) is 0 Å². The summed E-state index contributed by atoms with van der Waals surface area (Å²) in [5, 5.41) is 0.732. The lowest BCUT2D eigenvalue weighted by Gasteiger charge is -2.25. The third kappa shape index (κ3) is 2.69. The number of benzene rings is 1. The zero-order valence-corrected chi connectivity index (χ0v) is 11.6. The maximum atomic E-state index is 11.2. The summed E-state index contributed by atoms with van der Waals surface area (Å²) in [6, 6.07) is 7.72. The molecule has 0 amide bonds. The molecule has 0 unspecified atom stereocenters. The highest BCUT2D eigenvalue weighted by atomic mass is 127. The van der Waals surface area contributed by atoms with Crippen LogP contribution in [0.3, 0.4) is 0 Å². The smallest absolute Gasteiger partial charge is 0.306 e. The van der Waals surface area contributed by atoms with Crippen LogP contribution in [-0.4, -0.2) is 16.0 Å². The molecule has 16 heavy (non-hydrogen) atoms. The van der Waals surface area contributed by atoms with Gasteiger partial charge in [0.2, 0.25) is 0 Å². The molecule has 1 heterocycles. The summed E-state index contributed by atoms with van der Waals surface area (Å²) in [6.07, 6.45) is 2.13. The Labute approximate surface area is 113 Å². The number of carbonyl (C=O) groups is 1. The molecule has 1 fully saturated rings. The van der Waals surface area contributed by atoms with Crippen molar-refractivity contribution in [3.63, 3.8) is 0 Å². The molecule has 0 spiro atoms. The van der Waals surface area contributed by atoms with E-state index in [1.807, 2.05) is 24.3 Å². The zero-order valence-electron chi connectivity index (χ0n) is 8.71. The molecule has 2 nitrogen and oxygen atoms in total. The Balaban J connectivity index is 2.13. The van der Waals surface area contributed by atoms with Crippen LogP contribution in [0.2, 0.25) is 5.02 Å². The van der Waals surface area contributed by atoms with Crippen LogP contribution < -0.4 is 0 Å². The Morgan fingerprint density at radius 1 is 1.38 bits per heavy atom. The van der Waals surface area contributed by atoms with E-state index in [0.29, 0.717) is 6.42 Å². The van der Waals surface area contributed by atoms with Crippen LogP contribution in [0.1, 0.15) is 18.4 Å². The Morgan fingerprint density at radius 2 is 2.06 bits per heavy atom. The van der Waals surface area contributed by atoms with Crippen molar-refractivity contribution < 1.29 is 9.53 Å². The molecule has 1 aliphatic heterocycles. The standard InChI is InChI=1S/C12H12ClIO2/c13-10-3-1-9(2-4-10)7-12(8-14)6-5-11(15)16-12/h1-4H,5-8H2/t12-/m1/s1. The Kier molecular flexibility index (Phi) is 3.74. The van der Waals surface area contributed by atoms with E-state index in [4.69, 9.17) is 16.3 Å². The van der Waals surface area contributed by atoms with Gasteiger partial charge in [0, 0.05) is 22.3 Å². The number of ether oxygens (including phenoxy) is 1. The first-order valence-electron chi connectivity index (χ1n) is 5.16. The molecule has 1 saturated heterocycles. The van der Waals surface area contributed by atoms with Crippen LogP contribution in [0.25, 0.3) is 0 Å². The van der Waals surface area contributed by atoms with Gasteiger partial charge in [0.05, 0.1) is 0 Å². The van der Waals surface area contributed by atoms with Crippen LogP contribution in [0.4, 0.5) is 0 Å². The second-order valence-electron chi connectivity index (χ2n) is 4.09. The van der Waals surface area contributed by atoms with Gasteiger partial charge in [-0.2, -0.15) is 0 Å². The first-order chi connectivity index (χ1) is 7.63. The van der Waals surface area contributed by atoms with E-state index in [-0.39, 0.29) is 11.6 Å². The Morgan fingerprint density at radius 3 is 2.56 bits per heavy atom. The van der Waals surface area contributed by atoms with Crippen molar-refractivity contribution in [2.75, 3.05) is 4.43 Å². The van der Waals surface area contributed by atoms with Crippen molar-refractivity contribution in [3.05, 3.63) is 34.9 Å². The number of alkyl halides is 1. The first kappa shape index (κ1) is 12.2. The highest BCUT2D eigenvalue weighted by Crippen LogP contribution is 2.32. The van der Waals surface area contributed by atoms with E-state index in [1.165, 1.54) is 0 Å². The lowest BCUT2D eigenvalue weighted by molar-refractivity contribution is -0.146. The average molecular weight is 351 g/mol. The average Bonchev–Trinajstić information content (AvgIpc) is 2.64. The van der Waals surface area contributed by atoms with Crippen LogP contribution >= 0.6 is 34.2 Å². The summed E-state index contributed by atoms with van der Waals surface area (Å²) in [4.78, 5) is 11.2. The van der Waals surface area contributed by atoms with Gasteiger partial charge in [-0.3, -0.25) is 4.79 Å². The molecule has 0 saturated carbocycles. The molecule has 4 heteroatoms. The monoisotopic (exact) mass is 350 g/mol. The maximum Gasteiger partial charge on any atom is 0.306 e. The molecule has 1 aromatic rings. The molecule has 0 N–H and O–H groups in total. The van der Waals surface area contributed by atoms with Gasteiger partial charge in [-0.25, -0.2) is 0 Å². The van der Waals surface area contributed by atoms with Crippen molar-refractivity contribution >= 4 is 40.2 Å². The molecule has 1 aliphatic rings. The SMILES string of the molecule is O=C1CC[C@](CI)(Cc2ccc(Cl)cc2)O1. The summed E-state index contributed by atoms with van der Waals surface area (Å²) in [6.45, 7) is 0. The van der Waals surface area contributed by atoms with E-state index in [2.05, 4.69) is 22.6 Å². The van der Waals surface area contributed by atoms with Crippen LogP contribution in [0, 0.1) is 0 Å². The van der Waals surface area contributed by atoms with Crippen LogP contribution in [0.15, 0.2) is 24.3 Å². The predicted molar refractivity (Wildman–Crippen MR) is 72.1 cm³/mol. The second kappa shape index (κ2) is 4.92. The second-order valence-corrected chi connectivity index (χ2v) is 5.29. The van der Waals surface area contributed by atoms with Gasteiger partial charge in [0.15, 0.2) is 0 Å². The van der Waals surface area contributed by atoms with E-state index >= 15 is 0 Å². The topological polar surface area (TPSA) is 26.3 Å². The minimum Gasteiger partial charge on any atom is -0.458 e. The number of cyclic esters (lactones) is 1. The third-order valence-corrected chi connectivity index (χ3v) is 4.44. The van der Waals surface area contributed by atoms with Crippen molar-refractivity contribution in [1.29, 1.82) is 0 Å². The lowest BCUT2D eigenvalue weighted by Crippen LogP contribution is -2.33. The first-order valence-corrected chi connectivity index (χ1v) is 7.06. The molecule has 0 bridgehead atoms. The molecule has 0 aliphatic carbocycles. The molecular formula is C12H12ClIO2. The van der Waals surface area contributed by atoms with E-state index in [9.17, 15) is 4.79 Å². The number of hydrogen-bond acceptors (Lipinski definition) is 2. The van der Waals surface area contributed by atoms with Crippen LogP contribution in [-0.2, 0) is 16.0 Å². The molecule has 0 aromatic heterocycles. The fraction of sp³-hybridized carbons (Fsp3) is 0.417. The fourth-order valence-corrected chi connectivity index (χ4v) is 2.85. The summed E-state index contributed by atoms with van der Waals surface area (Å²) in [5.74, 6) is -0.0781. The quantitative estimate of drug-likeness (QED) is 0.474. The molecule has 2 rings (SSSR count). The summed E-state index contributed by atoms with van der Waals surface area (Å²) in [7, 11) is 0. The normalized spacial score (nSPS) is 24.5. The van der Waals surface area contributed by atoms with Gasteiger partial charge < -0.3 is 4.74 Å². The molecule has 86 valence electrons. The Bertz CT molecular complexity index is 391. The third-order valence-electron chi connectivity index (χ3n) is 2.80. The largest absolute Gasteiger partial charge is 0.458 e. The van der Waals surface area contributed by atoms with E-state index in [0.717, 1.165) is 27.9 Å². The minimum absolute atomic E-state index is 0.0781. The number of halogens is 2. The number of rotatable bonds is 3. The minimum atomic E-state index is -0.300. The summed E-state index contributed by atoms with van der Waals surface area (Å²) in [5.41, 5.74) is 0.863. The zero-order chi connectivity index (χ0) is 11.6. The molecule has 1 atom stereocenters. The van der Waals surface area contributed by atoms with Gasteiger partial charge in [-0.15, -0.1) is 0 Å². The highest BCUT2D eigenvalue weighted by Gasteiger charge is 2.39. The predicted octanol–water partition coefficient (Wildman–Crippen LogP) is 3.39. The van der Waals surface area contributed by atoms with Crippen molar-refractivity contribution in [3.8, 4) is 0 Å². The summed E-state index contributed by atoms with van der Waals surface area (Å²) >= 11 is 8.12. The molecule has 1 aromatic carbocycles. The number of esters is 1. The van der Waals surface area contributed by atoms with E-state index < -0.39 is 0 Å². The number of hydrogen-bond donors (Lipinski definition) is 0. The van der Waals surface area contributed by atoms with Crippen molar-refractivity contribution in [2.45, 2.75) is 24.9 Å². The van der Waals surface area contributed by atoms with E-state index in [1.54, 1.807) is 0 Å². The van der Waals surface area contributed by atoms with Crippen LogP contribution in [0.5, 0.6) is 0 Å². The molecule has 0 radical (unpaired) electrons. The van der Waals surface area contributed by atoms with Crippen molar-refractivity contribution in [2.24, 2.45) is 0 Å². The van der Waals surface area contributed by atoms with Gasteiger partial charge in [-0.1, -0.05) is 46.3 Å². The lowest BCUT2D eigenvalue weighted by atomic mass is 9.94. The highest BCUT2D eigenvalue weighted by molar-refractivity contribution is 14.1. The summed E-state index contributed by atoms with van der Waals surface area (Å²) < 4.78 is 6.29. The number of carbonyl (C=O) groups excluding carboxylic acids is 1. The van der Waals surface area contributed by atoms with Gasteiger partial charge in [-0.05, 0) is 24.1 Å². The van der Waals surface area contributed by atoms with Gasteiger partial charge >= 0.3 is 5.97 Å². The van der Waals surface area contributed by atoms with Gasteiger partial charge in [0.1, 0.15) is 5.60 Å². The Hall–Kier alpha value is -0.290. The maximum absolute atomic E-state index is 11.2. The molecular weight excluding hydrogens is 338 g/mol. The van der Waals surface area contributed by atoms with Crippen molar-refractivity contribution in [1.82, 2.24) is 0 Å². The fourth-order valence-electron chi connectivity index (χ4n) is 1.91.